The Morgan fingerprint density at radius 3 is 2.50 bits per heavy atom. The Bertz CT molecular complexity index is 943. The van der Waals surface area contributed by atoms with Gasteiger partial charge in [-0.15, -0.1) is 10.2 Å². The average Bonchev–Trinajstić information content (AvgIpc) is 3.02. The molecule has 0 radical (unpaired) electrons. The number of hydrogen-bond acceptors (Lipinski definition) is 5. The zero-order valence-corrected chi connectivity index (χ0v) is 18.3. The number of halogens is 1. The van der Waals surface area contributed by atoms with Crippen LogP contribution < -0.4 is 10.2 Å². The predicted molar refractivity (Wildman–Crippen MR) is 114 cm³/mol. The van der Waals surface area contributed by atoms with Gasteiger partial charge in [-0.3, -0.25) is 10.2 Å². The van der Waals surface area contributed by atoms with Crippen LogP contribution in [0.1, 0.15) is 25.2 Å². The van der Waals surface area contributed by atoms with Gasteiger partial charge in [0.15, 0.2) is 5.60 Å². The Balaban J connectivity index is 1.69. The third-order valence-electron chi connectivity index (χ3n) is 3.95. The van der Waals surface area contributed by atoms with Crippen LogP contribution >= 0.6 is 27.7 Å². The topological polar surface area (TPSA) is 69.0 Å². The summed E-state index contributed by atoms with van der Waals surface area (Å²) in [5, 5.41) is 8.88. The minimum atomic E-state index is -1.08. The number of carbonyl (C=O) groups excluding carboxylic acids is 1. The highest BCUT2D eigenvalue weighted by Crippen LogP contribution is 2.23. The molecule has 0 aliphatic heterocycles. The predicted octanol–water partition coefficient (Wildman–Crippen LogP) is 4.57. The van der Waals surface area contributed by atoms with E-state index in [0.717, 1.165) is 10.2 Å². The van der Waals surface area contributed by atoms with Crippen molar-refractivity contribution in [1.82, 2.24) is 14.9 Å². The molecule has 6 nitrogen and oxygen atoms in total. The fourth-order valence-corrected chi connectivity index (χ4v) is 3.53. The molecular weight excluding hydrogens is 440 g/mol. The number of benzene rings is 2. The lowest BCUT2D eigenvalue weighted by molar-refractivity contribution is -0.129. The van der Waals surface area contributed by atoms with Gasteiger partial charge in [-0.25, -0.2) is 4.68 Å². The fraction of sp³-hybridized carbons (Fsp3) is 0.250. The Morgan fingerprint density at radius 2 is 1.82 bits per heavy atom. The van der Waals surface area contributed by atoms with Crippen molar-refractivity contribution in [1.29, 1.82) is 0 Å². The first-order valence-electron chi connectivity index (χ1n) is 8.70. The molecule has 146 valence electrons. The van der Waals surface area contributed by atoms with Crippen molar-refractivity contribution >= 4 is 33.6 Å². The van der Waals surface area contributed by atoms with Crippen molar-refractivity contribution in [2.45, 2.75) is 37.3 Å². The van der Waals surface area contributed by atoms with Crippen molar-refractivity contribution in [3.8, 4) is 5.75 Å². The van der Waals surface area contributed by atoms with E-state index in [1.807, 2.05) is 54.6 Å². The Morgan fingerprint density at radius 1 is 1.14 bits per heavy atom. The molecule has 0 saturated heterocycles. The van der Waals surface area contributed by atoms with Crippen LogP contribution in [0, 0.1) is 6.92 Å². The number of nitrogens with zero attached hydrogens (tertiary/aromatic N) is 3. The van der Waals surface area contributed by atoms with E-state index in [1.54, 1.807) is 25.4 Å². The molecule has 0 unspecified atom stereocenters. The quantitative estimate of drug-likeness (QED) is 0.522. The second-order valence-electron chi connectivity index (χ2n) is 6.65. The Kier molecular flexibility index (Phi) is 6.41. The van der Waals surface area contributed by atoms with E-state index >= 15 is 0 Å². The molecule has 1 aromatic heterocycles. The summed E-state index contributed by atoms with van der Waals surface area (Å²) < 4.78 is 8.43. The van der Waals surface area contributed by atoms with Crippen LogP contribution in [0.3, 0.4) is 0 Å². The summed E-state index contributed by atoms with van der Waals surface area (Å²) in [6.45, 7) is 5.24. The molecule has 8 heteroatoms. The van der Waals surface area contributed by atoms with E-state index in [-0.39, 0.29) is 5.91 Å². The first kappa shape index (κ1) is 20.4. The molecule has 0 aliphatic rings. The summed E-state index contributed by atoms with van der Waals surface area (Å²) in [6.07, 6.45) is 0. The number of aryl methyl sites for hydroxylation is 1. The van der Waals surface area contributed by atoms with E-state index in [4.69, 9.17) is 4.74 Å². The summed E-state index contributed by atoms with van der Waals surface area (Å²) in [7, 11) is 0. The summed E-state index contributed by atoms with van der Waals surface area (Å²) >= 11 is 4.89. The third-order valence-corrected chi connectivity index (χ3v) is 5.48. The van der Waals surface area contributed by atoms with Gasteiger partial charge in [0, 0.05) is 10.2 Å². The molecule has 0 atom stereocenters. The smallest absolute Gasteiger partial charge is 0.282 e. The monoisotopic (exact) mass is 460 g/mol. The average molecular weight is 461 g/mol. The number of nitrogens with one attached hydrogen (secondary N) is 1. The van der Waals surface area contributed by atoms with Gasteiger partial charge in [-0.05, 0) is 50.6 Å². The van der Waals surface area contributed by atoms with Crippen LogP contribution in [-0.2, 0) is 10.5 Å². The second kappa shape index (κ2) is 8.79. The molecule has 1 heterocycles. The van der Waals surface area contributed by atoms with Gasteiger partial charge in [0.2, 0.25) is 5.16 Å². The number of aromatic nitrogens is 3. The molecule has 0 aliphatic carbocycles. The van der Waals surface area contributed by atoms with Gasteiger partial charge in [-0.2, -0.15) is 0 Å². The Hall–Kier alpha value is -2.32. The molecule has 2 aromatic carbocycles. The summed E-state index contributed by atoms with van der Waals surface area (Å²) in [6, 6.07) is 17.4. The highest BCUT2D eigenvalue weighted by Gasteiger charge is 2.31. The van der Waals surface area contributed by atoms with Crippen LogP contribution in [0.4, 0.5) is 0 Å². The molecule has 3 aromatic rings. The third kappa shape index (κ3) is 5.14. The maximum atomic E-state index is 12.9. The van der Waals surface area contributed by atoms with Crippen LogP contribution in [0.5, 0.6) is 5.75 Å². The maximum absolute atomic E-state index is 12.9. The fourth-order valence-electron chi connectivity index (χ4n) is 2.37. The first-order valence-corrected chi connectivity index (χ1v) is 10.5. The van der Waals surface area contributed by atoms with E-state index in [0.29, 0.717) is 16.7 Å². The van der Waals surface area contributed by atoms with Gasteiger partial charge in [0.05, 0.1) is 0 Å². The molecule has 0 bridgehead atoms. The molecule has 3 rings (SSSR count). The van der Waals surface area contributed by atoms with Crippen LogP contribution in [-0.4, -0.2) is 26.4 Å². The lowest BCUT2D eigenvalue weighted by Crippen LogP contribution is -2.45. The number of amides is 1. The van der Waals surface area contributed by atoms with E-state index < -0.39 is 5.60 Å². The number of ether oxygens (including phenoxy) is 1. The molecule has 28 heavy (non-hydrogen) atoms. The van der Waals surface area contributed by atoms with Crippen LogP contribution in [0.15, 0.2) is 64.2 Å². The minimum Gasteiger partial charge on any atom is -0.478 e. The van der Waals surface area contributed by atoms with Crippen molar-refractivity contribution < 1.29 is 9.53 Å². The second-order valence-corrected chi connectivity index (χ2v) is 8.50. The van der Waals surface area contributed by atoms with Gasteiger partial charge in [-0.1, -0.05) is 58.0 Å². The minimum absolute atomic E-state index is 0.292. The summed E-state index contributed by atoms with van der Waals surface area (Å²) in [5.74, 6) is 1.65. The molecule has 1 amide bonds. The standard InChI is InChI=1S/C20H21BrN4O2S/c1-14-22-23-19(28-13-15-7-5-4-6-8-15)25(14)24-18(26)20(2,3)27-17-11-9-16(21)10-12-17/h4-12H,13H2,1-3H3,(H,24,26). The summed E-state index contributed by atoms with van der Waals surface area (Å²) in [4.78, 5) is 12.9. The number of carbonyl (C=O) groups is 1. The lowest BCUT2D eigenvalue weighted by Gasteiger charge is -2.26. The highest BCUT2D eigenvalue weighted by molar-refractivity contribution is 9.10. The molecule has 0 saturated carbocycles. The van der Waals surface area contributed by atoms with Gasteiger partial charge in [0.25, 0.3) is 5.91 Å². The van der Waals surface area contributed by atoms with Crippen LogP contribution in [0.25, 0.3) is 0 Å². The number of hydrogen-bond donors (Lipinski definition) is 1. The van der Waals surface area contributed by atoms with Crippen LogP contribution in [0.2, 0.25) is 0 Å². The zero-order chi connectivity index (χ0) is 20.1. The lowest BCUT2D eigenvalue weighted by atomic mass is 10.1. The molecule has 0 fully saturated rings. The maximum Gasteiger partial charge on any atom is 0.282 e. The zero-order valence-electron chi connectivity index (χ0n) is 15.8. The SMILES string of the molecule is Cc1nnc(SCc2ccccc2)n1NC(=O)C(C)(C)Oc1ccc(Br)cc1. The van der Waals surface area contributed by atoms with E-state index in [9.17, 15) is 4.79 Å². The molecule has 0 spiro atoms. The molecule has 1 N–H and O–H groups in total. The largest absolute Gasteiger partial charge is 0.478 e. The summed E-state index contributed by atoms with van der Waals surface area (Å²) in [5.41, 5.74) is 2.96. The van der Waals surface area contributed by atoms with Crippen molar-refractivity contribution in [3.05, 3.63) is 70.5 Å². The van der Waals surface area contributed by atoms with Gasteiger partial charge in [0.1, 0.15) is 11.6 Å². The number of thioether (sulfide) groups is 1. The van der Waals surface area contributed by atoms with Gasteiger partial charge >= 0.3 is 0 Å². The molecular formula is C20H21BrN4O2S. The van der Waals surface area contributed by atoms with Gasteiger partial charge < -0.3 is 4.74 Å². The van der Waals surface area contributed by atoms with E-state index in [1.165, 1.54) is 17.3 Å². The van der Waals surface area contributed by atoms with Crippen molar-refractivity contribution in [3.63, 3.8) is 0 Å². The normalized spacial score (nSPS) is 11.3. The first-order chi connectivity index (χ1) is 13.3. The number of rotatable bonds is 7. The highest BCUT2D eigenvalue weighted by atomic mass is 79.9. The van der Waals surface area contributed by atoms with Crippen molar-refractivity contribution in [2.24, 2.45) is 0 Å². The van der Waals surface area contributed by atoms with Crippen molar-refractivity contribution in [2.75, 3.05) is 5.43 Å². The Labute approximate surface area is 176 Å². The van der Waals surface area contributed by atoms with E-state index in [2.05, 4.69) is 31.6 Å².